The van der Waals surface area contributed by atoms with Crippen LogP contribution in [0, 0.1) is 0 Å². The Hall–Kier alpha value is -3.10. The lowest BCUT2D eigenvalue weighted by Crippen LogP contribution is -2.38. The number of para-hydroxylation sites is 2. The number of hydrogen-bond donors (Lipinski definition) is 1. The molecule has 29 heavy (non-hydrogen) atoms. The average molecular weight is 411 g/mol. The Morgan fingerprint density at radius 3 is 1.97 bits per heavy atom. The van der Waals surface area contributed by atoms with Gasteiger partial charge in [-0.2, -0.15) is 4.31 Å². The Kier molecular flexibility index (Phi) is 5.37. The molecule has 1 N–H and O–H groups in total. The van der Waals surface area contributed by atoms with E-state index < -0.39 is 15.9 Å². The molecule has 1 fully saturated rings. The van der Waals surface area contributed by atoms with Gasteiger partial charge in [-0.25, -0.2) is 8.42 Å². The maximum atomic E-state index is 12.8. The fourth-order valence-corrected chi connectivity index (χ4v) is 4.65. The van der Waals surface area contributed by atoms with Crippen LogP contribution in [0.3, 0.4) is 0 Å². The van der Waals surface area contributed by atoms with Gasteiger partial charge < -0.3 is 4.42 Å². The largest absolute Gasteiger partial charge is 0.438 e. The highest BCUT2D eigenvalue weighted by molar-refractivity contribution is 7.89. The van der Waals surface area contributed by atoms with E-state index in [2.05, 4.69) is 5.43 Å². The summed E-state index contributed by atoms with van der Waals surface area (Å²) in [4.78, 5) is 12.8. The monoisotopic (exact) mass is 411 g/mol. The van der Waals surface area contributed by atoms with Crippen molar-refractivity contribution in [3.8, 4) is 0 Å². The molecule has 0 saturated carbocycles. The highest BCUT2D eigenvalue weighted by atomic mass is 32.2. The van der Waals surface area contributed by atoms with Crippen molar-refractivity contribution >= 4 is 27.3 Å². The van der Waals surface area contributed by atoms with Gasteiger partial charge in [0, 0.05) is 13.1 Å². The van der Waals surface area contributed by atoms with Crippen molar-refractivity contribution in [2.75, 3.05) is 18.1 Å². The number of nitrogens with zero attached hydrogens (tertiary/aromatic N) is 2. The van der Waals surface area contributed by atoms with Crippen molar-refractivity contribution < 1.29 is 17.6 Å². The first-order chi connectivity index (χ1) is 14.1. The number of hydrogen-bond acceptors (Lipinski definition) is 5. The van der Waals surface area contributed by atoms with Crippen LogP contribution in [0.5, 0.6) is 0 Å². The summed E-state index contributed by atoms with van der Waals surface area (Å²) in [6.45, 7) is 0.945. The van der Waals surface area contributed by atoms with Crippen molar-refractivity contribution in [3.63, 3.8) is 0 Å². The zero-order chi connectivity index (χ0) is 20.3. The number of benzene rings is 2. The first kappa shape index (κ1) is 19.2. The predicted molar refractivity (Wildman–Crippen MR) is 109 cm³/mol. The second kappa shape index (κ2) is 8.10. The molecular formula is C21H21N3O4S. The molecule has 1 amide bonds. The van der Waals surface area contributed by atoms with Crippen molar-refractivity contribution in [1.82, 2.24) is 9.73 Å². The summed E-state index contributed by atoms with van der Waals surface area (Å²) < 4.78 is 32.1. The second-order valence-electron chi connectivity index (χ2n) is 6.68. The summed E-state index contributed by atoms with van der Waals surface area (Å²) in [6, 6.07) is 21.4. The van der Waals surface area contributed by atoms with Crippen LogP contribution in [0.15, 0.2) is 82.3 Å². The topological polar surface area (TPSA) is 82.9 Å². The zero-order valence-electron chi connectivity index (χ0n) is 15.7. The summed E-state index contributed by atoms with van der Waals surface area (Å²) in [7, 11) is -3.71. The van der Waals surface area contributed by atoms with Crippen LogP contribution in [0.1, 0.15) is 23.4 Å². The van der Waals surface area contributed by atoms with Gasteiger partial charge in [-0.1, -0.05) is 36.4 Å². The van der Waals surface area contributed by atoms with Crippen LogP contribution in [-0.4, -0.2) is 31.7 Å². The van der Waals surface area contributed by atoms with E-state index in [0.29, 0.717) is 13.1 Å². The van der Waals surface area contributed by atoms with Gasteiger partial charge in [-0.05, 0) is 49.2 Å². The number of anilines is 2. The van der Waals surface area contributed by atoms with Gasteiger partial charge in [0.25, 0.3) is 10.0 Å². The Morgan fingerprint density at radius 2 is 1.41 bits per heavy atom. The number of sulfonamides is 1. The van der Waals surface area contributed by atoms with Crippen molar-refractivity contribution in [1.29, 1.82) is 0 Å². The first-order valence-electron chi connectivity index (χ1n) is 9.37. The summed E-state index contributed by atoms with van der Waals surface area (Å²) in [5.74, 6) is -0.611. The standard InChI is InChI=1S/C21H21N3O4S/c25-21(19-13-14-20(28-19)29(26,27)23-15-7-8-16-23)22-24(17-9-3-1-4-10-17)18-11-5-2-6-12-18/h1-6,9-14H,7-8,15-16H2,(H,22,25). The van der Waals surface area contributed by atoms with Gasteiger partial charge in [0.05, 0.1) is 11.4 Å². The van der Waals surface area contributed by atoms with E-state index >= 15 is 0 Å². The fourth-order valence-electron chi connectivity index (χ4n) is 3.23. The van der Waals surface area contributed by atoms with E-state index in [9.17, 15) is 13.2 Å². The van der Waals surface area contributed by atoms with Crippen LogP contribution >= 0.6 is 0 Å². The first-order valence-corrected chi connectivity index (χ1v) is 10.8. The van der Waals surface area contributed by atoms with E-state index in [0.717, 1.165) is 24.2 Å². The minimum atomic E-state index is -3.71. The van der Waals surface area contributed by atoms with Crippen LogP contribution < -0.4 is 10.4 Å². The molecule has 3 aromatic rings. The van der Waals surface area contributed by atoms with Crippen LogP contribution in [-0.2, 0) is 10.0 Å². The molecule has 8 heteroatoms. The zero-order valence-corrected chi connectivity index (χ0v) is 16.5. The Labute approximate surface area is 169 Å². The molecule has 1 saturated heterocycles. The molecule has 1 aromatic heterocycles. The minimum Gasteiger partial charge on any atom is -0.438 e. The van der Waals surface area contributed by atoms with Gasteiger partial charge in [-0.3, -0.25) is 15.2 Å². The molecule has 0 atom stereocenters. The molecular weight excluding hydrogens is 390 g/mol. The molecule has 7 nitrogen and oxygen atoms in total. The summed E-state index contributed by atoms with van der Waals surface area (Å²) >= 11 is 0. The third kappa shape index (κ3) is 4.03. The highest BCUT2D eigenvalue weighted by Gasteiger charge is 2.31. The highest BCUT2D eigenvalue weighted by Crippen LogP contribution is 2.25. The van der Waals surface area contributed by atoms with E-state index in [1.807, 2.05) is 60.7 Å². The molecule has 2 aromatic carbocycles. The SMILES string of the molecule is O=C(NN(c1ccccc1)c1ccccc1)c1ccc(S(=O)(=O)N2CCCC2)o1. The van der Waals surface area contributed by atoms with Gasteiger partial charge in [0.1, 0.15) is 0 Å². The van der Waals surface area contributed by atoms with Crippen LogP contribution in [0.25, 0.3) is 0 Å². The summed E-state index contributed by atoms with van der Waals surface area (Å²) in [6.07, 6.45) is 1.66. The Morgan fingerprint density at radius 1 is 0.862 bits per heavy atom. The molecule has 150 valence electrons. The quantitative estimate of drug-likeness (QED) is 0.627. The molecule has 1 aliphatic heterocycles. The van der Waals surface area contributed by atoms with E-state index in [1.165, 1.54) is 16.4 Å². The summed E-state index contributed by atoms with van der Waals surface area (Å²) in [5, 5.41) is 1.41. The Bertz CT molecular complexity index is 1040. The number of carbonyl (C=O) groups is 1. The molecule has 4 rings (SSSR count). The molecule has 0 spiro atoms. The molecule has 0 bridgehead atoms. The third-order valence-electron chi connectivity index (χ3n) is 4.71. The van der Waals surface area contributed by atoms with Crippen molar-refractivity contribution in [2.24, 2.45) is 0 Å². The number of rotatable bonds is 6. The van der Waals surface area contributed by atoms with Crippen LogP contribution in [0.4, 0.5) is 11.4 Å². The van der Waals surface area contributed by atoms with Gasteiger partial charge in [-0.15, -0.1) is 0 Å². The molecule has 0 aliphatic carbocycles. The predicted octanol–water partition coefficient (Wildman–Crippen LogP) is 3.55. The summed E-state index contributed by atoms with van der Waals surface area (Å²) in [5.41, 5.74) is 4.30. The fraction of sp³-hybridized carbons (Fsp3) is 0.190. The number of hydrazine groups is 1. The minimum absolute atomic E-state index is 0.0698. The lowest BCUT2D eigenvalue weighted by Gasteiger charge is -2.25. The average Bonchev–Trinajstić information content (AvgIpc) is 3.46. The van der Waals surface area contributed by atoms with E-state index in [4.69, 9.17) is 4.42 Å². The Balaban J connectivity index is 1.58. The molecule has 1 aliphatic rings. The maximum Gasteiger partial charge on any atom is 0.305 e. The number of nitrogens with one attached hydrogen (secondary N) is 1. The van der Waals surface area contributed by atoms with Gasteiger partial charge >= 0.3 is 5.91 Å². The van der Waals surface area contributed by atoms with Crippen molar-refractivity contribution in [2.45, 2.75) is 17.9 Å². The molecule has 0 radical (unpaired) electrons. The van der Waals surface area contributed by atoms with Crippen LogP contribution in [0.2, 0.25) is 0 Å². The lowest BCUT2D eigenvalue weighted by molar-refractivity contribution is 0.0920. The van der Waals surface area contributed by atoms with E-state index in [-0.39, 0.29) is 10.9 Å². The van der Waals surface area contributed by atoms with E-state index in [1.54, 1.807) is 5.01 Å². The van der Waals surface area contributed by atoms with Gasteiger partial charge in [0.2, 0.25) is 5.09 Å². The second-order valence-corrected chi connectivity index (χ2v) is 8.55. The number of amides is 1. The number of carbonyl (C=O) groups excluding carboxylic acids is 1. The van der Waals surface area contributed by atoms with Crippen molar-refractivity contribution in [3.05, 3.63) is 78.6 Å². The molecule has 0 unspecified atom stereocenters. The molecule has 2 heterocycles. The smallest absolute Gasteiger partial charge is 0.305 e. The number of furan rings is 1. The third-order valence-corrected chi connectivity index (χ3v) is 6.48. The maximum absolute atomic E-state index is 12.8. The normalized spacial score (nSPS) is 14.6. The lowest BCUT2D eigenvalue weighted by atomic mass is 10.2. The van der Waals surface area contributed by atoms with Gasteiger partial charge in [0.15, 0.2) is 5.76 Å².